The highest BCUT2D eigenvalue weighted by molar-refractivity contribution is 7.14. The molecule has 1 N–H and O–H groups in total. The van der Waals surface area contributed by atoms with Crippen molar-refractivity contribution in [1.29, 1.82) is 0 Å². The molecule has 2 heterocycles. The van der Waals surface area contributed by atoms with Crippen molar-refractivity contribution >= 4 is 17.2 Å². The van der Waals surface area contributed by atoms with E-state index in [-0.39, 0.29) is 12.0 Å². The van der Waals surface area contributed by atoms with Crippen LogP contribution in [-0.2, 0) is 6.42 Å². The van der Waals surface area contributed by atoms with Gasteiger partial charge < -0.3 is 10.0 Å². The summed E-state index contributed by atoms with van der Waals surface area (Å²) in [5, 5.41) is 10.0. The molecule has 1 aliphatic carbocycles. The number of rotatable bonds is 3. The van der Waals surface area contributed by atoms with Crippen LogP contribution in [-0.4, -0.2) is 59.1 Å². The molecule has 0 spiro atoms. The summed E-state index contributed by atoms with van der Waals surface area (Å²) in [7, 11) is 0. The average molecular weight is 322 g/mol. The third-order valence-electron chi connectivity index (χ3n) is 5.07. The summed E-state index contributed by atoms with van der Waals surface area (Å²) in [6, 6.07) is 2.35. The Labute approximate surface area is 136 Å². The molecule has 0 unspecified atom stereocenters. The van der Waals surface area contributed by atoms with Gasteiger partial charge in [0, 0.05) is 37.1 Å². The molecule has 22 heavy (non-hydrogen) atoms. The molecule has 1 saturated heterocycles. The monoisotopic (exact) mass is 322 g/mol. The minimum Gasteiger partial charge on any atom is -0.391 e. The second-order valence-corrected chi connectivity index (χ2v) is 7.60. The maximum atomic E-state index is 12.6. The zero-order valence-electron chi connectivity index (χ0n) is 13.5. The first kappa shape index (κ1) is 16.0. The number of aliphatic hydroxyl groups is 1. The van der Waals surface area contributed by atoms with E-state index < -0.39 is 0 Å². The van der Waals surface area contributed by atoms with Crippen LogP contribution in [0.1, 0.15) is 46.3 Å². The van der Waals surface area contributed by atoms with Gasteiger partial charge in [-0.15, -0.1) is 11.3 Å². The van der Waals surface area contributed by atoms with Crippen molar-refractivity contribution in [2.45, 2.75) is 51.7 Å². The zero-order chi connectivity index (χ0) is 15.7. The van der Waals surface area contributed by atoms with E-state index in [4.69, 9.17) is 0 Å². The number of aliphatic hydroxyl groups excluding tert-OH is 1. The van der Waals surface area contributed by atoms with E-state index in [0.717, 1.165) is 56.7 Å². The van der Waals surface area contributed by atoms with Crippen molar-refractivity contribution in [3.8, 4) is 0 Å². The fourth-order valence-electron chi connectivity index (χ4n) is 3.74. The van der Waals surface area contributed by atoms with Gasteiger partial charge in [-0.2, -0.15) is 0 Å². The number of amides is 1. The lowest BCUT2D eigenvalue weighted by Crippen LogP contribution is -2.53. The number of thiophene rings is 1. The Hall–Kier alpha value is -0.910. The molecule has 1 aliphatic heterocycles. The fraction of sp³-hybridized carbons (Fsp3) is 0.706. The van der Waals surface area contributed by atoms with Crippen molar-refractivity contribution in [3.63, 3.8) is 0 Å². The summed E-state index contributed by atoms with van der Waals surface area (Å²) >= 11 is 1.64. The van der Waals surface area contributed by atoms with E-state index in [1.807, 2.05) is 11.0 Å². The van der Waals surface area contributed by atoms with Gasteiger partial charge in [0.15, 0.2) is 0 Å². The SMILES string of the molecule is CCc1sc(C(=O)N2CCN([C@@H]3CCC[C@@H]3O)CC2)cc1C. The van der Waals surface area contributed by atoms with Crippen LogP contribution in [0.3, 0.4) is 0 Å². The number of hydrogen-bond donors (Lipinski definition) is 1. The van der Waals surface area contributed by atoms with Crippen LogP contribution in [0.25, 0.3) is 0 Å². The predicted octanol–water partition coefficient (Wildman–Crippen LogP) is 2.29. The molecule has 4 nitrogen and oxygen atoms in total. The molecule has 5 heteroatoms. The van der Waals surface area contributed by atoms with Crippen LogP contribution >= 0.6 is 11.3 Å². The van der Waals surface area contributed by atoms with Crippen molar-refractivity contribution in [2.24, 2.45) is 0 Å². The van der Waals surface area contributed by atoms with E-state index in [0.29, 0.717) is 6.04 Å². The van der Waals surface area contributed by atoms with E-state index in [9.17, 15) is 9.90 Å². The molecule has 0 radical (unpaired) electrons. The lowest BCUT2D eigenvalue weighted by molar-refractivity contribution is 0.0318. The lowest BCUT2D eigenvalue weighted by atomic mass is 10.1. The fourth-order valence-corrected chi connectivity index (χ4v) is 4.82. The van der Waals surface area contributed by atoms with Gasteiger partial charge in [-0.25, -0.2) is 0 Å². The molecular weight excluding hydrogens is 296 g/mol. The average Bonchev–Trinajstić information content (AvgIpc) is 3.12. The highest BCUT2D eigenvalue weighted by atomic mass is 32.1. The smallest absolute Gasteiger partial charge is 0.264 e. The summed E-state index contributed by atoms with van der Waals surface area (Å²) in [6.45, 7) is 7.56. The van der Waals surface area contributed by atoms with Gasteiger partial charge in [0.25, 0.3) is 5.91 Å². The van der Waals surface area contributed by atoms with E-state index in [1.54, 1.807) is 11.3 Å². The predicted molar refractivity (Wildman–Crippen MR) is 89.6 cm³/mol. The van der Waals surface area contributed by atoms with Gasteiger partial charge in [-0.1, -0.05) is 6.92 Å². The standard InChI is InChI=1S/C17H26N2O2S/c1-3-15-12(2)11-16(22-15)17(21)19-9-7-18(8-10-19)13-5-4-6-14(13)20/h11,13-14,20H,3-10H2,1-2H3/t13-,14+/m1/s1. The number of nitrogens with zero attached hydrogens (tertiary/aromatic N) is 2. The minimum atomic E-state index is -0.172. The topological polar surface area (TPSA) is 43.8 Å². The minimum absolute atomic E-state index is 0.172. The number of carbonyl (C=O) groups is 1. The van der Waals surface area contributed by atoms with Gasteiger partial charge in [0.2, 0.25) is 0 Å². The third-order valence-corrected chi connectivity index (χ3v) is 6.44. The Bertz CT molecular complexity index is 535. The van der Waals surface area contributed by atoms with Crippen molar-refractivity contribution in [3.05, 3.63) is 21.4 Å². The molecule has 2 fully saturated rings. The van der Waals surface area contributed by atoms with Gasteiger partial charge in [0.05, 0.1) is 11.0 Å². The molecular formula is C17H26N2O2S. The summed E-state index contributed by atoms with van der Waals surface area (Å²) < 4.78 is 0. The van der Waals surface area contributed by atoms with Crippen molar-refractivity contribution < 1.29 is 9.90 Å². The number of piperazine rings is 1. The molecule has 2 aliphatic rings. The lowest BCUT2D eigenvalue weighted by Gasteiger charge is -2.39. The number of hydrogen-bond acceptors (Lipinski definition) is 4. The molecule has 0 aromatic carbocycles. The van der Waals surface area contributed by atoms with Crippen LogP contribution in [0.4, 0.5) is 0 Å². The molecule has 1 aromatic heterocycles. The van der Waals surface area contributed by atoms with Crippen LogP contribution < -0.4 is 0 Å². The highest BCUT2D eigenvalue weighted by Gasteiger charge is 2.33. The van der Waals surface area contributed by atoms with E-state index in [1.165, 1.54) is 10.4 Å². The molecule has 1 saturated carbocycles. The molecule has 2 atom stereocenters. The Morgan fingerprint density at radius 2 is 2.05 bits per heavy atom. The first-order valence-electron chi connectivity index (χ1n) is 8.41. The molecule has 1 amide bonds. The number of carbonyl (C=O) groups excluding carboxylic acids is 1. The maximum absolute atomic E-state index is 12.6. The third kappa shape index (κ3) is 3.07. The second-order valence-electron chi connectivity index (χ2n) is 6.46. The second kappa shape index (κ2) is 6.69. The van der Waals surface area contributed by atoms with Crippen LogP contribution in [0.5, 0.6) is 0 Å². The van der Waals surface area contributed by atoms with Crippen LogP contribution in [0.15, 0.2) is 6.07 Å². The summed E-state index contributed by atoms with van der Waals surface area (Å²) in [4.78, 5) is 19.2. The van der Waals surface area contributed by atoms with Gasteiger partial charge >= 0.3 is 0 Å². The maximum Gasteiger partial charge on any atom is 0.264 e. The van der Waals surface area contributed by atoms with Crippen LogP contribution in [0.2, 0.25) is 0 Å². The molecule has 3 rings (SSSR count). The van der Waals surface area contributed by atoms with Crippen molar-refractivity contribution in [1.82, 2.24) is 9.80 Å². The zero-order valence-corrected chi connectivity index (χ0v) is 14.4. The summed E-state index contributed by atoms with van der Waals surface area (Å²) in [5.41, 5.74) is 1.24. The summed E-state index contributed by atoms with van der Waals surface area (Å²) in [6.07, 6.45) is 3.97. The largest absolute Gasteiger partial charge is 0.391 e. The number of aryl methyl sites for hydroxylation is 2. The first-order valence-corrected chi connectivity index (χ1v) is 9.22. The molecule has 0 bridgehead atoms. The Balaban J connectivity index is 1.59. The Morgan fingerprint density at radius 1 is 1.32 bits per heavy atom. The van der Waals surface area contributed by atoms with Gasteiger partial charge in [-0.05, 0) is 44.2 Å². The Morgan fingerprint density at radius 3 is 2.59 bits per heavy atom. The first-order chi connectivity index (χ1) is 10.6. The normalized spacial score (nSPS) is 26.6. The van der Waals surface area contributed by atoms with Gasteiger partial charge in [-0.3, -0.25) is 9.69 Å². The van der Waals surface area contributed by atoms with E-state index >= 15 is 0 Å². The van der Waals surface area contributed by atoms with Crippen LogP contribution in [0, 0.1) is 6.92 Å². The quantitative estimate of drug-likeness (QED) is 0.928. The van der Waals surface area contributed by atoms with Gasteiger partial charge in [0.1, 0.15) is 0 Å². The molecule has 1 aromatic rings. The molecule has 122 valence electrons. The Kier molecular flexibility index (Phi) is 4.85. The highest BCUT2D eigenvalue weighted by Crippen LogP contribution is 2.27. The van der Waals surface area contributed by atoms with Crippen molar-refractivity contribution in [2.75, 3.05) is 26.2 Å². The summed E-state index contributed by atoms with van der Waals surface area (Å²) in [5.74, 6) is 0.180. The van der Waals surface area contributed by atoms with E-state index in [2.05, 4.69) is 18.7 Å².